The SMILES string of the molecule is CN(C)c1ccc2c([O-])cc3c(c2c1)[C@H](CCl)CN3. The summed E-state index contributed by atoms with van der Waals surface area (Å²) >= 11 is 6.05. The van der Waals surface area contributed by atoms with E-state index in [2.05, 4.69) is 11.4 Å². The van der Waals surface area contributed by atoms with Gasteiger partial charge in [-0.05, 0) is 34.5 Å². The van der Waals surface area contributed by atoms with Crippen molar-refractivity contribution in [1.29, 1.82) is 0 Å². The molecule has 0 spiro atoms. The monoisotopic (exact) mass is 275 g/mol. The molecule has 0 bridgehead atoms. The van der Waals surface area contributed by atoms with Crippen molar-refractivity contribution in [3.63, 3.8) is 0 Å². The molecule has 19 heavy (non-hydrogen) atoms. The molecular formula is C15H16ClN2O-. The van der Waals surface area contributed by atoms with Gasteiger partial charge in [0.1, 0.15) is 0 Å². The Morgan fingerprint density at radius 2 is 2.11 bits per heavy atom. The first-order valence-corrected chi connectivity index (χ1v) is 6.90. The lowest BCUT2D eigenvalue weighted by Gasteiger charge is -2.19. The number of hydrogen-bond acceptors (Lipinski definition) is 3. The number of nitrogens with zero attached hydrogens (tertiary/aromatic N) is 1. The summed E-state index contributed by atoms with van der Waals surface area (Å²) < 4.78 is 0. The van der Waals surface area contributed by atoms with E-state index >= 15 is 0 Å². The topological polar surface area (TPSA) is 38.3 Å². The van der Waals surface area contributed by atoms with Crippen LogP contribution in [0, 0.1) is 0 Å². The molecule has 1 aliphatic rings. The van der Waals surface area contributed by atoms with Crippen LogP contribution in [0.4, 0.5) is 11.4 Å². The van der Waals surface area contributed by atoms with Gasteiger partial charge < -0.3 is 15.3 Å². The highest BCUT2D eigenvalue weighted by molar-refractivity contribution is 6.18. The van der Waals surface area contributed by atoms with Crippen molar-refractivity contribution >= 4 is 33.7 Å². The van der Waals surface area contributed by atoms with Crippen LogP contribution in [0.15, 0.2) is 24.3 Å². The molecule has 0 unspecified atom stereocenters. The van der Waals surface area contributed by atoms with Gasteiger partial charge in [-0.15, -0.1) is 11.6 Å². The number of fused-ring (bicyclic) bond motifs is 3. The number of alkyl halides is 1. The second kappa shape index (κ2) is 4.49. The first-order chi connectivity index (χ1) is 9.11. The second-order valence-electron chi connectivity index (χ2n) is 5.19. The van der Waals surface area contributed by atoms with E-state index in [0.29, 0.717) is 5.88 Å². The maximum atomic E-state index is 12.1. The molecule has 0 aliphatic carbocycles. The van der Waals surface area contributed by atoms with E-state index < -0.39 is 0 Å². The zero-order chi connectivity index (χ0) is 13.6. The average molecular weight is 276 g/mol. The van der Waals surface area contributed by atoms with E-state index in [9.17, 15) is 5.11 Å². The molecule has 1 atom stereocenters. The summed E-state index contributed by atoms with van der Waals surface area (Å²) in [6.45, 7) is 0.809. The Kier molecular flexibility index (Phi) is 2.94. The zero-order valence-corrected chi connectivity index (χ0v) is 11.8. The Bertz CT molecular complexity index is 640. The highest BCUT2D eigenvalue weighted by Gasteiger charge is 2.24. The number of hydrogen-bond donors (Lipinski definition) is 1. The van der Waals surface area contributed by atoms with E-state index in [1.807, 2.05) is 31.1 Å². The molecule has 3 nitrogen and oxygen atoms in total. The zero-order valence-electron chi connectivity index (χ0n) is 11.0. The van der Waals surface area contributed by atoms with Gasteiger partial charge in [-0.25, -0.2) is 0 Å². The summed E-state index contributed by atoms with van der Waals surface area (Å²) in [4.78, 5) is 2.04. The van der Waals surface area contributed by atoms with Gasteiger partial charge in [0.25, 0.3) is 0 Å². The smallest absolute Gasteiger partial charge is 0.0377 e. The molecule has 1 N–H and O–H groups in total. The average Bonchev–Trinajstić information content (AvgIpc) is 2.81. The van der Waals surface area contributed by atoms with Gasteiger partial charge in [-0.3, -0.25) is 0 Å². The standard InChI is InChI=1S/C15H17ClN2O/c1-18(2)10-3-4-11-12(5-10)15-9(7-16)8-17-13(15)6-14(11)19/h3-6,9,17,19H,7-8H2,1-2H3/p-1/t9-/m1/s1. The van der Waals surface area contributed by atoms with Crippen molar-refractivity contribution < 1.29 is 5.11 Å². The van der Waals surface area contributed by atoms with Gasteiger partial charge in [0.15, 0.2) is 0 Å². The fraction of sp³-hybridized carbons (Fsp3) is 0.333. The second-order valence-corrected chi connectivity index (χ2v) is 5.50. The normalized spacial score (nSPS) is 17.3. The third kappa shape index (κ3) is 1.89. The van der Waals surface area contributed by atoms with Crippen LogP contribution >= 0.6 is 11.6 Å². The molecule has 0 fully saturated rings. The largest absolute Gasteiger partial charge is 0.872 e. The van der Waals surface area contributed by atoms with E-state index in [4.69, 9.17) is 11.6 Å². The maximum absolute atomic E-state index is 12.1. The van der Waals surface area contributed by atoms with Gasteiger partial charge in [-0.1, -0.05) is 11.8 Å². The minimum Gasteiger partial charge on any atom is -0.872 e. The van der Waals surface area contributed by atoms with Gasteiger partial charge in [-0.2, -0.15) is 0 Å². The number of rotatable bonds is 2. The van der Waals surface area contributed by atoms with Crippen LogP contribution < -0.4 is 15.3 Å². The summed E-state index contributed by atoms with van der Waals surface area (Å²) in [6, 6.07) is 7.67. The van der Waals surface area contributed by atoms with Crippen LogP contribution in [0.3, 0.4) is 0 Å². The molecule has 3 rings (SSSR count). The molecule has 1 heterocycles. The summed E-state index contributed by atoms with van der Waals surface area (Å²) in [5.41, 5.74) is 3.23. The van der Waals surface area contributed by atoms with Crippen LogP contribution in [0.5, 0.6) is 5.75 Å². The summed E-state index contributed by atoms with van der Waals surface area (Å²) in [6.07, 6.45) is 0. The van der Waals surface area contributed by atoms with Crippen molar-refractivity contribution in [1.82, 2.24) is 0 Å². The Hall–Kier alpha value is -1.61. The molecule has 2 aromatic carbocycles. The highest BCUT2D eigenvalue weighted by Crippen LogP contribution is 2.42. The first-order valence-electron chi connectivity index (χ1n) is 6.36. The summed E-state index contributed by atoms with van der Waals surface area (Å²) in [5, 5.41) is 17.2. The van der Waals surface area contributed by atoms with Gasteiger partial charge in [0, 0.05) is 43.8 Å². The van der Waals surface area contributed by atoms with Crippen LogP contribution in [-0.4, -0.2) is 26.5 Å². The van der Waals surface area contributed by atoms with Gasteiger partial charge >= 0.3 is 0 Å². The van der Waals surface area contributed by atoms with E-state index in [-0.39, 0.29) is 11.7 Å². The van der Waals surface area contributed by atoms with Gasteiger partial charge in [0.2, 0.25) is 0 Å². The molecule has 0 radical (unpaired) electrons. The van der Waals surface area contributed by atoms with Gasteiger partial charge in [0.05, 0.1) is 0 Å². The van der Waals surface area contributed by atoms with Crippen LogP contribution in [0.1, 0.15) is 11.5 Å². The number of anilines is 2. The summed E-state index contributed by atoms with van der Waals surface area (Å²) in [7, 11) is 4.00. The number of benzene rings is 2. The quantitative estimate of drug-likeness (QED) is 0.857. The van der Waals surface area contributed by atoms with Crippen molar-refractivity contribution in [3.05, 3.63) is 29.8 Å². The lowest BCUT2D eigenvalue weighted by atomic mass is 9.95. The Labute approximate surface area is 117 Å². The fourth-order valence-electron chi connectivity index (χ4n) is 2.73. The number of nitrogens with one attached hydrogen (secondary N) is 1. The van der Waals surface area contributed by atoms with E-state index in [1.165, 1.54) is 5.56 Å². The van der Waals surface area contributed by atoms with E-state index in [1.54, 1.807) is 6.07 Å². The van der Waals surface area contributed by atoms with E-state index in [0.717, 1.165) is 28.7 Å². The minimum atomic E-state index is 0.0711. The molecule has 1 aliphatic heterocycles. The third-order valence-electron chi connectivity index (χ3n) is 3.77. The Balaban J connectivity index is 2.32. The minimum absolute atomic E-state index is 0.0711. The molecule has 4 heteroatoms. The van der Waals surface area contributed by atoms with Crippen molar-refractivity contribution in [2.45, 2.75) is 5.92 Å². The molecule has 0 saturated carbocycles. The summed E-state index contributed by atoms with van der Waals surface area (Å²) in [5.74, 6) is 0.915. The van der Waals surface area contributed by atoms with Crippen molar-refractivity contribution in [2.24, 2.45) is 0 Å². The Morgan fingerprint density at radius 1 is 1.32 bits per heavy atom. The molecule has 0 amide bonds. The fourth-order valence-corrected chi connectivity index (χ4v) is 3.00. The molecule has 0 saturated heterocycles. The molecule has 2 aromatic rings. The van der Waals surface area contributed by atoms with Crippen molar-refractivity contribution in [3.8, 4) is 5.75 Å². The Morgan fingerprint density at radius 3 is 2.79 bits per heavy atom. The van der Waals surface area contributed by atoms with Crippen LogP contribution in [0.2, 0.25) is 0 Å². The van der Waals surface area contributed by atoms with Crippen molar-refractivity contribution in [2.75, 3.05) is 36.7 Å². The molecule has 100 valence electrons. The van der Waals surface area contributed by atoms with Crippen LogP contribution in [-0.2, 0) is 0 Å². The maximum Gasteiger partial charge on any atom is 0.0377 e. The molecular weight excluding hydrogens is 260 g/mol. The predicted octanol–water partition coefficient (Wildman–Crippen LogP) is 2.73. The lowest BCUT2D eigenvalue weighted by Crippen LogP contribution is -2.09. The molecule has 0 aromatic heterocycles. The first kappa shape index (κ1) is 12.4. The predicted molar refractivity (Wildman–Crippen MR) is 79.7 cm³/mol. The lowest BCUT2D eigenvalue weighted by molar-refractivity contribution is -0.265. The van der Waals surface area contributed by atoms with Crippen LogP contribution in [0.25, 0.3) is 10.8 Å². The number of halogens is 1. The highest BCUT2D eigenvalue weighted by atomic mass is 35.5. The third-order valence-corrected chi connectivity index (χ3v) is 4.15.